The molecular weight excluding hydrogens is 362 g/mol. The second-order valence-corrected chi connectivity index (χ2v) is 5.60. The molecule has 1 aromatic carbocycles. The number of halogens is 1. The van der Waals surface area contributed by atoms with Gasteiger partial charge in [-0.1, -0.05) is 18.2 Å². The molecule has 1 atom stereocenters. The third kappa shape index (κ3) is 3.72. The highest BCUT2D eigenvalue weighted by molar-refractivity contribution is 6.31. The van der Waals surface area contributed by atoms with Crippen molar-refractivity contribution in [1.82, 2.24) is 4.98 Å². The number of carbonyl (C=O) groups is 2. The van der Waals surface area contributed by atoms with Gasteiger partial charge in [-0.15, -0.1) is 0 Å². The number of fused-ring (bicyclic) bond motifs is 1. The van der Waals surface area contributed by atoms with Crippen LogP contribution < -0.4 is 9.47 Å². The first-order valence-corrected chi connectivity index (χ1v) is 7.87. The molecule has 1 unspecified atom stereocenters. The first-order chi connectivity index (χ1) is 12.3. The Morgan fingerprint density at radius 3 is 2.31 bits per heavy atom. The van der Waals surface area contributed by atoms with Gasteiger partial charge >= 0.3 is 11.9 Å². The van der Waals surface area contributed by atoms with E-state index in [1.165, 1.54) is 28.3 Å². The lowest BCUT2D eigenvalue weighted by Crippen LogP contribution is -2.18. The standard InChI is InChI=1S/C18H18ClNO6/c1-9(18(22)25-5)16(26-10(2)21)12-8-11-13(23-3)6-7-14(24-4)15(11)20-17(12)19/h6-8,16H,1H2,2-5H3. The van der Waals surface area contributed by atoms with E-state index >= 15 is 0 Å². The summed E-state index contributed by atoms with van der Waals surface area (Å²) in [4.78, 5) is 27.7. The summed E-state index contributed by atoms with van der Waals surface area (Å²) in [5.74, 6) is -0.347. The molecule has 0 bridgehead atoms. The van der Waals surface area contributed by atoms with E-state index in [0.29, 0.717) is 22.4 Å². The molecule has 0 fully saturated rings. The fourth-order valence-electron chi connectivity index (χ4n) is 2.46. The van der Waals surface area contributed by atoms with Gasteiger partial charge in [0.1, 0.15) is 22.2 Å². The van der Waals surface area contributed by atoms with Crippen molar-refractivity contribution in [2.45, 2.75) is 13.0 Å². The van der Waals surface area contributed by atoms with Gasteiger partial charge in [-0.3, -0.25) is 4.79 Å². The highest BCUT2D eigenvalue weighted by atomic mass is 35.5. The smallest absolute Gasteiger partial charge is 0.337 e. The Morgan fingerprint density at radius 2 is 1.77 bits per heavy atom. The summed E-state index contributed by atoms with van der Waals surface area (Å²) in [6.45, 7) is 4.87. The Bertz CT molecular complexity index is 880. The zero-order chi connectivity index (χ0) is 19.4. The summed E-state index contributed by atoms with van der Waals surface area (Å²) < 4.78 is 20.6. The lowest BCUT2D eigenvalue weighted by Gasteiger charge is -2.20. The number of aromatic nitrogens is 1. The number of benzene rings is 1. The summed E-state index contributed by atoms with van der Waals surface area (Å²) in [5, 5.41) is 0.599. The van der Waals surface area contributed by atoms with Crippen LogP contribution in [-0.4, -0.2) is 38.3 Å². The number of methoxy groups -OCH3 is 3. The molecule has 1 heterocycles. The second-order valence-electron chi connectivity index (χ2n) is 5.24. The number of nitrogens with zero attached hydrogens (tertiary/aromatic N) is 1. The van der Waals surface area contributed by atoms with Gasteiger partial charge in [0.25, 0.3) is 0 Å². The molecule has 0 saturated heterocycles. The van der Waals surface area contributed by atoms with E-state index in [2.05, 4.69) is 16.3 Å². The topological polar surface area (TPSA) is 84.0 Å². The van der Waals surface area contributed by atoms with E-state index in [4.69, 9.17) is 25.8 Å². The summed E-state index contributed by atoms with van der Waals surface area (Å²) in [5.41, 5.74) is 0.648. The monoisotopic (exact) mass is 379 g/mol. The molecule has 0 saturated carbocycles. The zero-order valence-electron chi connectivity index (χ0n) is 14.8. The molecule has 0 radical (unpaired) electrons. The van der Waals surface area contributed by atoms with Gasteiger partial charge in [0.15, 0.2) is 6.10 Å². The van der Waals surface area contributed by atoms with Crippen LogP contribution in [0.3, 0.4) is 0 Å². The van der Waals surface area contributed by atoms with Crippen molar-refractivity contribution in [2.75, 3.05) is 21.3 Å². The third-order valence-corrected chi connectivity index (χ3v) is 3.96. The van der Waals surface area contributed by atoms with Gasteiger partial charge in [-0.05, 0) is 18.2 Å². The summed E-state index contributed by atoms with van der Waals surface area (Å²) in [6.07, 6.45) is -1.15. The van der Waals surface area contributed by atoms with Crippen LogP contribution in [0.4, 0.5) is 0 Å². The molecule has 2 aromatic rings. The fraction of sp³-hybridized carbons (Fsp3) is 0.278. The van der Waals surface area contributed by atoms with Gasteiger partial charge in [-0.25, -0.2) is 9.78 Å². The molecular formula is C18H18ClNO6. The maximum atomic E-state index is 11.9. The number of hydrogen-bond acceptors (Lipinski definition) is 7. The molecule has 1 aromatic heterocycles. The molecule has 7 nitrogen and oxygen atoms in total. The molecule has 0 aliphatic rings. The van der Waals surface area contributed by atoms with E-state index in [9.17, 15) is 9.59 Å². The number of pyridine rings is 1. The van der Waals surface area contributed by atoms with Crippen molar-refractivity contribution in [3.63, 3.8) is 0 Å². The van der Waals surface area contributed by atoms with Crippen LogP contribution in [-0.2, 0) is 19.1 Å². The van der Waals surface area contributed by atoms with Crippen LogP contribution in [0.1, 0.15) is 18.6 Å². The number of carbonyl (C=O) groups excluding carboxylic acids is 2. The van der Waals surface area contributed by atoms with Gasteiger partial charge in [0.05, 0.1) is 26.9 Å². The normalized spacial score (nSPS) is 11.6. The lowest BCUT2D eigenvalue weighted by atomic mass is 10.0. The molecule has 2 rings (SSSR count). The minimum atomic E-state index is -1.15. The van der Waals surface area contributed by atoms with Crippen molar-refractivity contribution in [3.8, 4) is 11.5 Å². The third-order valence-electron chi connectivity index (χ3n) is 3.66. The average Bonchev–Trinajstić information content (AvgIpc) is 2.63. The highest BCUT2D eigenvalue weighted by Crippen LogP contribution is 2.38. The van der Waals surface area contributed by atoms with Crippen molar-refractivity contribution in [3.05, 3.63) is 41.1 Å². The molecule has 0 amide bonds. The molecule has 0 aliphatic carbocycles. The predicted molar refractivity (Wildman–Crippen MR) is 95.5 cm³/mol. The van der Waals surface area contributed by atoms with Crippen molar-refractivity contribution < 1.29 is 28.5 Å². The quantitative estimate of drug-likeness (QED) is 0.432. The van der Waals surface area contributed by atoms with Crippen LogP contribution in [0.15, 0.2) is 30.4 Å². The zero-order valence-corrected chi connectivity index (χ0v) is 15.5. The van der Waals surface area contributed by atoms with Crippen molar-refractivity contribution in [1.29, 1.82) is 0 Å². The van der Waals surface area contributed by atoms with Crippen molar-refractivity contribution >= 4 is 34.4 Å². The van der Waals surface area contributed by atoms with E-state index in [1.54, 1.807) is 18.2 Å². The Labute approximate surface area is 155 Å². The van der Waals surface area contributed by atoms with Crippen LogP contribution >= 0.6 is 11.6 Å². The number of esters is 2. The second kappa shape index (κ2) is 8.05. The Morgan fingerprint density at radius 1 is 1.15 bits per heavy atom. The first-order valence-electron chi connectivity index (χ1n) is 7.49. The Kier molecular flexibility index (Phi) is 6.05. The molecule has 0 aliphatic heterocycles. The van der Waals surface area contributed by atoms with E-state index in [0.717, 1.165) is 0 Å². The van der Waals surface area contributed by atoms with Gasteiger partial charge in [0, 0.05) is 17.9 Å². The Balaban J connectivity index is 2.72. The van der Waals surface area contributed by atoms with Crippen LogP contribution in [0.2, 0.25) is 5.15 Å². The molecule has 138 valence electrons. The SMILES string of the molecule is C=C(C(=O)OC)C(OC(C)=O)c1cc2c(OC)ccc(OC)c2nc1Cl. The van der Waals surface area contributed by atoms with Gasteiger partial charge in [-0.2, -0.15) is 0 Å². The highest BCUT2D eigenvalue weighted by Gasteiger charge is 2.28. The van der Waals surface area contributed by atoms with E-state index < -0.39 is 18.0 Å². The minimum Gasteiger partial charge on any atom is -0.496 e. The van der Waals surface area contributed by atoms with Gasteiger partial charge in [0.2, 0.25) is 0 Å². The minimum absolute atomic E-state index is 0.0281. The molecule has 26 heavy (non-hydrogen) atoms. The number of rotatable bonds is 6. The maximum absolute atomic E-state index is 11.9. The first kappa shape index (κ1) is 19.5. The molecule has 0 spiro atoms. The van der Waals surface area contributed by atoms with Crippen molar-refractivity contribution in [2.24, 2.45) is 0 Å². The average molecular weight is 380 g/mol. The number of ether oxygens (including phenoxy) is 4. The maximum Gasteiger partial charge on any atom is 0.337 e. The summed E-state index contributed by atoms with van der Waals surface area (Å²) >= 11 is 6.31. The van der Waals surface area contributed by atoms with Crippen LogP contribution in [0.5, 0.6) is 11.5 Å². The number of hydrogen-bond donors (Lipinski definition) is 0. The largest absolute Gasteiger partial charge is 0.496 e. The molecule has 0 N–H and O–H groups in total. The van der Waals surface area contributed by atoms with Crippen LogP contribution in [0.25, 0.3) is 10.9 Å². The summed E-state index contributed by atoms with van der Waals surface area (Å²) in [7, 11) is 4.21. The predicted octanol–water partition coefficient (Wildman–Crippen LogP) is 3.24. The lowest BCUT2D eigenvalue weighted by molar-refractivity contribution is -0.147. The van der Waals surface area contributed by atoms with E-state index in [1.807, 2.05) is 0 Å². The molecule has 8 heteroatoms. The Hall–Kier alpha value is -2.80. The summed E-state index contributed by atoms with van der Waals surface area (Å²) in [6, 6.07) is 5.02. The van der Waals surface area contributed by atoms with E-state index in [-0.39, 0.29) is 16.3 Å². The van der Waals surface area contributed by atoms with Crippen LogP contribution in [0, 0.1) is 0 Å². The fourth-order valence-corrected chi connectivity index (χ4v) is 2.69. The van der Waals surface area contributed by atoms with Gasteiger partial charge < -0.3 is 18.9 Å².